The van der Waals surface area contributed by atoms with Crippen LogP contribution < -0.4 is 10.6 Å². The Hall–Kier alpha value is -0.620. The first-order valence-corrected chi connectivity index (χ1v) is 8.15. The number of aliphatic imine (C=N–C) groups is 1. The van der Waals surface area contributed by atoms with Crippen LogP contribution in [0.2, 0.25) is 0 Å². The summed E-state index contributed by atoms with van der Waals surface area (Å²) >= 11 is 1.01. The van der Waals surface area contributed by atoms with Crippen molar-refractivity contribution in [2.24, 2.45) is 4.99 Å². The Morgan fingerprint density at radius 2 is 2.00 bits per heavy atom. The Balaban J connectivity index is 0.00000529. The van der Waals surface area contributed by atoms with E-state index in [0.29, 0.717) is 37.0 Å². The average Bonchev–Trinajstić information content (AvgIpc) is 2.94. The van der Waals surface area contributed by atoms with Crippen LogP contribution >= 0.6 is 35.3 Å². The molecule has 0 radical (unpaired) electrons. The Morgan fingerprint density at radius 1 is 1.33 bits per heavy atom. The number of nitrogens with one attached hydrogen (secondary N) is 2. The third kappa shape index (κ3) is 8.47. The van der Waals surface area contributed by atoms with Crippen molar-refractivity contribution >= 4 is 41.3 Å². The van der Waals surface area contributed by atoms with Gasteiger partial charge in [-0.25, -0.2) is 4.98 Å². The Labute approximate surface area is 161 Å². The number of hydrogen-bond acceptors (Lipinski definition) is 4. The molecule has 1 aromatic rings. The summed E-state index contributed by atoms with van der Waals surface area (Å²) in [6.45, 7) is 7.39. The van der Waals surface area contributed by atoms with Crippen molar-refractivity contribution in [3.05, 3.63) is 16.1 Å². The summed E-state index contributed by atoms with van der Waals surface area (Å²) in [7, 11) is 1.62. The van der Waals surface area contributed by atoms with Crippen molar-refractivity contribution in [1.82, 2.24) is 15.6 Å². The van der Waals surface area contributed by atoms with Crippen molar-refractivity contribution < 1.29 is 17.9 Å². The van der Waals surface area contributed by atoms with E-state index in [2.05, 4.69) is 20.6 Å². The summed E-state index contributed by atoms with van der Waals surface area (Å²) < 4.78 is 42.8. The van der Waals surface area contributed by atoms with E-state index in [1.54, 1.807) is 7.11 Å². The molecular weight excluding hydrogens is 456 g/mol. The maximum absolute atomic E-state index is 12.5. The first kappa shape index (κ1) is 23.4. The highest BCUT2D eigenvalue weighted by Gasteiger charge is 2.33. The molecule has 0 unspecified atom stereocenters. The van der Waals surface area contributed by atoms with E-state index < -0.39 is 11.9 Å². The van der Waals surface area contributed by atoms with Gasteiger partial charge in [-0.2, -0.15) is 13.2 Å². The van der Waals surface area contributed by atoms with Crippen LogP contribution in [0.25, 0.3) is 0 Å². The first-order valence-electron chi connectivity index (χ1n) is 7.27. The summed E-state index contributed by atoms with van der Waals surface area (Å²) in [6, 6.07) is 0. The summed E-state index contributed by atoms with van der Waals surface area (Å²) in [5.41, 5.74) is -1.21. The van der Waals surface area contributed by atoms with Gasteiger partial charge in [0.1, 0.15) is 0 Å². The smallest absolute Gasteiger partial charge is 0.377 e. The second-order valence-electron chi connectivity index (χ2n) is 5.46. The number of nitrogens with zero attached hydrogens (tertiary/aromatic N) is 2. The SMILES string of the molecule is CCNC(=NCC(C)(C)OC)NCCc1nc(C(F)(F)F)cs1.I. The van der Waals surface area contributed by atoms with Gasteiger partial charge in [-0.1, -0.05) is 0 Å². The number of ether oxygens (including phenoxy) is 1. The Kier molecular flexibility index (Phi) is 10.1. The third-order valence-electron chi connectivity index (χ3n) is 2.99. The quantitative estimate of drug-likeness (QED) is 0.357. The molecule has 0 aliphatic heterocycles. The van der Waals surface area contributed by atoms with Crippen LogP contribution in [0.3, 0.4) is 0 Å². The van der Waals surface area contributed by atoms with Crippen LogP contribution in [-0.2, 0) is 17.3 Å². The first-order chi connectivity index (χ1) is 10.7. The van der Waals surface area contributed by atoms with Gasteiger partial charge in [-0.05, 0) is 20.8 Å². The number of aromatic nitrogens is 1. The minimum atomic E-state index is -4.38. The predicted octanol–water partition coefficient (Wildman–Crippen LogP) is 3.30. The molecule has 1 rings (SSSR count). The lowest BCUT2D eigenvalue weighted by atomic mass is 10.1. The number of halogens is 4. The predicted molar refractivity (Wildman–Crippen MR) is 101 cm³/mol. The maximum Gasteiger partial charge on any atom is 0.434 e. The van der Waals surface area contributed by atoms with Crippen molar-refractivity contribution in [1.29, 1.82) is 0 Å². The molecule has 140 valence electrons. The van der Waals surface area contributed by atoms with Gasteiger partial charge in [0, 0.05) is 32.0 Å². The number of alkyl halides is 3. The van der Waals surface area contributed by atoms with Crippen LogP contribution in [0.4, 0.5) is 13.2 Å². The molecule has 2 N–H and O–H groups in total. The molecule has 5 nitrogen and oxygen atoms in total. The standard InChI is InChI=1S/C14H23F3N4OS.HI/c1-5-18-12(20-9-13(2,3)22-4)19-7-6-11-21-10(8-23-11)14(15,16)17;/h8H,5-7,9H2,1-4H3,(H2,18,19,20);1H. The normalized spacial score (nSPS) is 12.7. The van der Waals surface area contributed by atoms with Gasteiger partial charge in [0.05, 0.1) is 17.2 Å². The molecular formula is C14H24F3IN4OS. The van der Waals surface area contributed by atoms with E-state index in [-0.39, 0.29) is 29.6 Å². The van der Waals surface area contributed by atoms with Crippen LogP contribution in [0, 0.1) is 0 Å². The number of thiazole rings is 1. The van der Waals surface area contributed by atoms with Crippen LogP contribution in [0.1, 0.15) is 31.5 Å². The third-order valence-corrected chi connectivity index (χ3v) is 3.90. The van der Waals surface area contributed by atoms with E-state index in [1.807, 2.05) is 20.8 Å². The lowest BCUT2D eigenvalue weighted by Gasteiger charge is -2.21. The molecule has 0 aromatic carbocycles. The Morgan fingerprint density at radius 3 is 2.50 bits per heavy atom. The number of hydrogen-bond donors (Lipinski definition) is 2. The summed E-state index contributed by atoms with van der Waals surface area (Å²) in [6.07, 6.45) is -3.98. The zero-order chi connectivity index (χ0) is 17.5. The van der Waals surface area contributed by atoms with E-state index in [9.17, 15) is 13.2 Å². The highest BCUT2D eigenvalue weighted by atomic mass is 127. The van der Waals surface area contributed by atoms with Crippen molar-refractivity contribution in [3.8, 4) is 0 Å². The molecule has 0 fully saturated rings. The molecule has 1 heterocycles. The second kappa shape index (κ2) is 10.4. The zero-order valence-corrected chi connectivity index (χ0v) is 17.3. The van der Waals surface area contributed by atoms with Crippen molar-refractivity contribution in [2.45, 2.75) is 39.0 Å². The molecule has 1 aromatic heterocycles. The monoisotopic (exact) mass is 480 g/mol. The topological polar surface area (TPSA) is 58.5 Å². The number of methoxy groups -OCH3 is 1. The van der Waals surface area contributed by atoms with Crippen molar-refractivity contribution in [3.63, 3.8) is 0 Å². The van der Waals surface area contributed by atoms with Crippen molar-refractivity contribution in [2.75, 3.05) is 26.7 Å². The van der Waals surface area contributed by atoms with Gasteiger partial charge in [-0.15, -0.1) is 35.3 Å². The van der Waals surface area contributed by atoms with Gasteiger partial charge >= 0.3 is 6.18 Å². The molecule has 0 saturated carbocycles. The molecule has 10 heteroatoms. The molecule has 0 saturated heterocycles. The highest BCUT2D eigenvalue weighted by Crippen LogP contribution is 2.29. The fraction of sp³-hybridized carbons (Fsp3) is 0.714. The second-order valence-corrected chi connectivity index (χ2v) is 6.40. The summed E-state index contributed by atoms with van der Waals surface area (Å²) in [5, 5.41) is 7.64. The minimum absolute atomic E-state index is 0. The molecule has 0 aliphatic rings. The molecule has 24 heavy (non-hydrogen) atoms. The lowest BCUT2D eigenvalue weighted by molar-refractivity contribution is -0.140. The molecule has 0 bridgehead atoms. The van der Waals surface area contributed by atoms with E-state index >= 15 is 0 Å². The fourth-order valence-electron chi connectivity index (χ4n) is 1.52. The maximum atomic E-state index is 12.5. The summed E-state index contributed by atoms with van der Waals surface area (Å²) in [5.74, 6) is 0.602. The largest absolute Gasteiger partial charge is 0.434 e. The van der Waals surface area contributed by atoms with Crippen LogP contribution in [-0.4, -0.2) is 43.3 Å². The van der Waals surface area contributed by atoms with Gasteiger partial charge in [0.15, 0.2) is 11.7 Å². The van der Waals surface area contributed by atoms with E-state index in [1.165, 1.54) is 0 Å². The average molecular weight is 480 g/mol. The molecule has 0 aliphatic carbocycles. The van der Waals surface area contributed by atoms with E-state index in [4.69, 9.17) is 4.74 Å². The number of rotatable bonds is 7. The summed E-state index contributed by atoms with van der Waals surface area (Å²) in [4.78, 5) is 8.00. The molecule has 0 spiro atoms. The lowest BCUT2D eigenvalue weighted by Crippen LogP contribution is -2.40. The highest BCUT2D eigenvalue weighted by molar-refractivity contribution is 14.0. The number of guanidine groups is 1. The van der Waals surface area contributed by atoms with E-state index in [0.717, 1.165) is 16.7 Å². The Bertz CT molecular complexity index is 520. The van der Waals surface area contributed by atoms with Gasteiger partial charge in [0.2, 0.25) is 0 Å². The minimum Gasteiger partial charge on any atom is -0.377 e. The molecule has 0 amide bonds. The molecule has 0 atom stereocenters. The van der Waals surface area contributed by atoms with Gasteiger partial charge < -0.3 is 15.4 Å². The van der Waals surface area contributed by atoms with Crippen LogP contribution in [0.5, 0.6) is 0 Å². The fourth-order valence-corrected chi connectivity index (χ4v) is 2.32. The zero-order valence-electron chi connectivity index (χ0n) is 14.2. The van der Waals surface area contributed by atoms with Gasteiger partial charge in [-0.3, -0.25) is 4.99 Å². The van der Waals surface area contributed by atoms with Crippen LogP contribution in [0.15, 0.2) is 10.4 Å². The van der Waals surface area contributed by atoms with Gasteiger partial charge in [0.25, 0.3) is 0 Å².